The van der Waals surface area contributed by atoms with Crippen LogP contribution in [-0.2, 0) is 0 Å². The molecular weight excluding hydrogens is 233 g/mol. The van der Waals surface area contributed by atoms with Crippen LogP contribution in [0.5, 0.6) is 0 Å². The lowest BCUT2D eigenvalue weighted by atomic mass is 10.1. The number of halogens is 2. The van der Waals surface area contributed by atoms with Gasteiger partial charge in [0.1, 0.15) is 11.9 Å². The van der Waals surface area contributed by atoms with Gasteiger partial charge in [0.05, 0.1) is 5.56 Å². The molecule has 0 atom stereocenters. The average molecular weight is 240 g/mol. The Morgan fingerprint density at radius 2 is 2.31 bits per heavy atom. The second-order valence-corrected chi connectivity index (χ2v) is 3.02. The second-order valence-electron chi connectivity index (χ2n) is 2.37. The molecule has 0 fully saturated rings. The molecule has 0 saturated heterocycles. The number of nitriles is 1. The largest absolute Gasteiger partial charge is 0.206 e. The van der Waals surface area contributed by atoms with E-state index in [1.165, 1.54) is 6.07 Å². The lowest BCUT2D eigenvalue weighted by Crippen LogP contribution is -1.87. The van der Waals surface area contributed by atoms with E-state index in [1.54, 1.807) is 18.2 Å². The van der Waals surface area contributed by atoms with Crippen molar-refractivity contribution in [3.63, 3.8) is 0 Å². The molecule has 3 heteroatoms. The van der Waals surface area contributed by atoms with Gasteiger partial charge in [-0.05, 0) is 11.6 Å². The third-order valence-electron chi connectivity index (χ3n) is 1.54. The highest BCUT2D eigenvalue weighted by molar-refractivity contribution is 9.09. The van der Waals surface area contributed by atoms with Crippen molar-refractivity contribution in [2.45, 2.75) is 0 Å². The lowest BCUT2D eigenvalue weighted by molar-refractivity contribution is 0.623. The van der Waals surface area contributed by atoms with Gasteiger partial charge in [0, 0.05) is 5.33 Å². The first-order chi connectivity index (χ1) is 6.29. The summed E-state index contributed by atoms with van der Waals surface area (Å²) in [4.78, 5) is 0. The molecule has 1 aromatic rings. The maximum atomic E-state index is 13.0. The predicted octanol–water partition coefficient (Wildman–Crippen LogP) is 3.11. The van der Waals surface area contributed by atoms with E-state index in [0.29, 0.717) is 10.9 Å². The molecule has 0 aliphatic rings. The maximum Gasteiger partial charge on any atom is 0.141 e. The Bertz CT molecular complexity index is 366. The summed E-state index contributed by atoms with van der Waals surface area (Å²) in [7, 11) is 0. The molecule has 0 unspecified atom stereocenters. The van der Waals surface area contributed by atoms with Crippen molar-refractivity contribution in [1.82, 2.24) is 0 Å². The number of rotatable bonds is 2. The van der Waals surface area contributed by atoms with Gasteiger partial charge in [-0.2, -0.15) is 5.26 Å². The fourth-order valence-electron chi connectivity index (χ4n) is 0.969. The van der Waals surface area contributed by atoms with Crippen molar-refractivity contribution in [2.24, 2.45) is 0 Å². The number of hydrogen-bond acceptors (Lipinski definition) is 1. The Morgan fingerprint density at radius 3 is 2.92 bits per heavy atom. The molecule has 0 radical (unpaired) electrons. The molecule has 66 valence electrons. The first kappa shape index (κ1) is 9.94. The zero-order valence-corrected chi connectivity index (χ0v) is 8.38. The number of alkyl halides is 1. The molecule has 1 aromatic carbocycles. The molecule has 0 spiro atoms. The Hall–Kier alpha value is -1.14. The van der Waals surface area contributed by atoms with Crippen LogP contribution in [0.4, 0.5) is 4.39 Å². The van der Waals surface area contributed by atoms with Crippen LogP contribution in [0.25, 0.3) is 6.08 Å². The van der Waals surface area contributed by atoms with Crippen molar-refractivity contribution in [3.05, 3.63) is 41.2 Å². The summed E-state index contributed by atoms with van der Waals surface area (Å²) in [6.07, 6.45) is 3.53. The highest BCUT2D eigenvalue weighted by Gasteiger charge is 2.03. The summed E-state index contributed by atoms with van der Waals surface area (Å²) in [5, 5.41) is 9.35. The van der Waals surface area contributed by atoms with Gasteiger partial charge in [-0.3, -0.25) is 0 Å². The monoisotopic (exact) mass is 239 g/mol. The molecule has 0 saturated carbocycles. The van der Waals surface area contributed by atoms with E-state index < -0.39 is 5.82 Å². The van der Waals surface area contributed by atoms with Crippen molar-refractivity contribution in [2.75, 3.05) is 5.33 Å². The Labute approximate surface area is 84.6 Å². The zero-order chi connectivity index (χ0) is 9.68. The van der Waals surface area contributed by atoms with Crippen LogP contribution in [0.2, 0.25) is 0 Å². The third-order valence-corrected chi connectivity index (χ3v) is 1.92. The maximum absolute atomic E-state index is 13.0. The fourth-order valence-corrected chi connectivity index (χ4v) is 1.16. The van der Waals surface area contributed by atoms with Crippen LogP contribution < -0.4 is 0 Å². The van der Waals surface area contributed by atoms with E-state index in [9.17, 15) is 4.39 Å². The molecule has 1 rings (SSSR count). The first-order valence-electron chi connectivity index (χ1n) is 3.70. The zero-order valence-electron chi connectivity index (χ0n) is 6.80. The summed E-state index contributed by atoms with van der Waals surface area (Å²) in [5.41, 5.74) is 0.710. The minimum atomic E-state index is -0.473. The molecular formula is C10H7BrFN. The Kier molecular flexibility index (Phi) is 3.66. The van der Waals surface area contributed by atoms with Gasteiger partial charge < -0.3 is 0 Å². The quantitative estimate of drug-likeness (QED) is 0.728. The summed E-state index contributed by atoms with van der Waals surface area (Å²) < 4.78 is 13.0. The molecule has 0 N–H and O–H groups in total. The number of hydrogen-bond donors (Lipinski definition) is 0. The number of benzene rings is 1. The third kappa shape index (κ3) is 2.40. The van der Waals surface area contributed by atoms with Crippen molar-refractivity contribution in [3.8, 4) is 6.07 Å². The second kappa shape index (κ2) is 4.78. The predicted molar refractivity (Wildman–Crippen MR) is 53.9 cm³/mol. The van der Waals surface area contributed by atoms with E-state index in [0.717, 1.165) is 0 Å². The summed E-state index contributed by atoms with van der Waals surface area (Å²) in [6, 6.07) is 6.41. The van der Waals surface area contributed by atoms with Crippen molar-refractivity contribution < 1.29 is 4.39 Å². The van der Waals surface area contributed by atoms with Crippen LogP contribution in [-0.4, -0.2) is 5.33 Å². The minimum Gasteiger partial charge on any atom is -0.206 e. The molecule has 0 bridgehead atoms. The van der Waals surface area contributed by atoms with Gasteiger partial charge >= 0.3 is 0 Å². The highest BCUT2D eigenvalue weighted by atomic mass is 79.9. The summed E-state index contributed by atoms with van der Waals surface area (Å²) >= 11 is 3.21. The molecule has 1 nitrogen and oxygen atoms in total. The van der Waals surface area contributed by atoms with Crippen LogP contribution in [0.15, 0.2) is 24.3 Å². The number of nitrogens with zero attached hydrogens (tertiary/aromatic N) is 1. The smallest absolute Gasteiger partial charge is 0.141 e. The SMILES string of the molecule is N#Cc1c(F)cccc1C=CCBr. The van der Waals surface area contributed by atoms with Gasteiger partial charge in [-0.15, -0.1) is 0 Å². The van der Waals surface area contributed by atoms with Crippen LogP contribution in [0, 0.1) is 17.1 Å². The van der Waals surface area contributed by atoms with Gasteiger partial charge in [0.25, 0.3) is 0 Å². The van der Waals surface area contributed by atoms with Crippen LogP contribution in [0.1, 0.15) is 11.1 Å². The molecule has 0 aliphatic carbocycles. The van der Waals surface area contributed by atoms with Gasteiger partial charge in [0.2, 0.25) is 0 Å². The number of allylic oxidation sites excluding steroid dienone is 1. The van der Waals surface area contributed by atoms with E-state index in [4.69, 9.17) is 5.26 Å². The standard InChI is InChI=1S/C10H7BrFN/c11-6-2-4-8-3-1-5-10(12)9(8)7-13/h1-5H,6H2. The van der Waals surface area contributed by atoms with Gasteiger partial charge in [-0.25, -0.2) is 4.39 Å². The van der Waals surface area contributed by atoms with E-state index in [1.807, 2.05) is 12.1 Å². The van der Waals surface area contributed by atoms with Crippen molar-refractivity contribution in [1.29, 1.82) is 5.26 Å². The highest BCUT2D eigenvalue weighted by Crippen LogP contribution is 2.13. The van der Waals surface area contributed by atoms with Gasteiger partial charge in [-0.1, -0.05) is 40.2 Å². The summed E-state index contributed by atoms with van der Waals surface area (Å²) in [6.45, 7) is 0. The molecule has 13 heavy (non-hydrogen) atoms. The minimum absolute atomic E-state index is 0.0969. The van der Waals surface area contributed by atoms with E-state index in [2.05, 4.69) is 15.9 Å². The topological polar surface area (TPSA) is 23.8 Å². The van der Waals surface area contributed by atoms with Crippen LogP contribution in [0.3, 0.4) is 0 Å². The summed E-state index contributed by atoms with van der Waals surface area (Å²) in [5.74, 6) is -0.473. The van der Waals surface area contributed by atoms with E-state index >= 15 is 0 Å². The molecule has 0 aliphatic heterocycles. The normalized spacial score (nSPS) is 10.2. The fraction of sp³-hybridized carbons (Fsp3) is 0.100. The molecule has 0 heterocycles. The van der Waals surface area contributed by atoms with Gasteiger partial charge in [0.15, 0.2) is 0 Å². The van der Waals surface area contributed by atoms with E-state index in [-0.39, 0.29) is 5.56 Å². The Morgan fingerprint density at radius 1 is 1.54 bits per heavy atom. The molecule has 0 aromatic heterocycles. The first-order valence-corrected chi connectivity index (χ1v) is 4.83. The lowest BCUT2D eigenvalue weighted by Gasteiger charge is -1.97. The molecule has 0 amide bonds. The average Bonchev–Trinajstić information content (AvgIpc) is 2.15. The van der Waals surface area contributed by atoms with Crippen LogP contribution >= 0.6 is 15.9 Å². The van der Waals surface area contributed by atoms with Crippen molar-refractivity contribution >= 4 is 22.0 Å². The Balaban J connectivity index is 3.15.